The number of β-amino-alcohol motifs (C(OH)–C–C–N with tert-alkyl or cyclic N) is 2. The van der Waals surface area contributed by atoms with Gasteiger partial charge in [0.25, 0.3) is 23.4 Å². The minimum absolute atomic E-state index is 0.0172. The number of hydrazone groups is 1. The van der Waals surface area contributed by atoms with E-state index < -0.39 is 117 Å². The number of hydrogen-bond donors (Lipinski definition) is 15. The fraction of sp³-hybridized carbons (Fsp3) is 0.578. The number of aliphatic hydroxyl groups excluding tert-OH is 6. The number of nitrogens with two attached hydrogens (primary N) is 1. The minimum Gasteiger partial charge on any atom is -0.507 e. The highest BCUT2D eigenvalue weighted by Crippen LogP contribution is 2.57. The van der Waals surface area contributed by atoms with Gasteiger partial charge in [-0.25, -0.2) is 5.01 Å². The van der Waals surface area contributed by atoms with Crippen molar-refractivity contribution in [2.24, 2.45) is 82.0 Å². The first-order valence-electron chi connectivity index (χ1n) is 41.8. The molecule has 13 rings (SSSR count). The highest BCUT2D eigenvalue weighted by atomic mass is 16.7. The molecule has 662 valence electrons. The number of ether oxygens (including phenoxy) is 5. The molecule has 4 aromatic carbocycles. The molecule has 3 saturated heterocycles. The van der Waals surface area contributed by atoms with E-state index >= 15 is 0 Å². The monoisotopic (exact) mass is 1670 g/mol. The summed E-state index contributed by atoms with van der Waals surface area (Å²) in [5.41, 5.74) is -1.14. The van der Waals surface area contributed by atoms with Crippen molar-refractivity contribution in [3.8, 4) is 46.0 Å². The largest absolute Gasteiger partial charge is 0.507 e. The quantitative estimate of drug-likeness (QED) is 0.0269. The zero-order chi connectivity index (χ0) is 89.0. The van der Waals surface area contributed by atoms with Crippen molar-refractivity contribution in [1.29, 1.82) is 0 Å². The second-order valence-corrected chi connectivity index (χ2v) is 33.9. The number of allylic oxidation sites excluding steroid dienone is 6. The number of rotatable bonds is 7. The van der Waals surface area contributed by atoms with E-state index in [1.54, 1.807) is 62.2 Å². The average molecular weight is 1680 g/mol. The van der Waals surface area contributed by atoms with Gasteiger partial charge in [-0.05, 0) is 100 Å². The predicted octanol–water partition coefficient (Wildman–Crippen LogP) is 10.2. The van der Waals surface area contributed by atoms with Crippen LogP contribution in [0.4, 0.5) is 11.4 Å². The fourth-order valence-corrected chi connectivity index (χ4v) is 16.2. The number of phenols is 6. The lowest BCUT2D eigenvalue weighted by Gasteiger charge is -2.36. The van der Waals surface area contributed by atoms with Crippen LogP contribution < -0.4 is 25.9 Å². The number of nitrogens with one attached hydrogen (secondary N) is 2. The molecule has 0 radical (unpaired) electrons. The lowest BCUT2D eigenvalue weighted by molar-refractivity contribution is -0.113. The van der Waals surface area contributed by atoms with E-state index in [4.69, 9.17) is 34.6 Å². The maximum absolute atomic E-state index is 14.4. The predicted molar refractivity (Wildman–Crippen MR) is 459 cm³/mol. The molecule has 4 aromatic rings. The summed E-state index contributed by atoms with van der Waals surface area (Å²) in [4.78, 5) is 71.8. The third-order valence-corrected chi connectivity index (χ3v) is 25.9. The van der Waals surface area contributed by atoms with Gasteiger partial charge in [0.1, 0.15) is 34.5 Å². The average Bonchev–Trinajstić information content (AvgIpc) is 1.50. The van der Waals surface area contributed by atoms with E-state index in [1.807, 2.05) is 66.5 Å². The summed E-state index contributed by atoms with van der Waals surface area (Å²) >= 11 is 0. The summed E-state index contributed by atoms with van der Waals surface area (Å²) in [5.74, 6) is -6.92. The van der Waals surface area contributed by atoms with Gasteiger partial charge in [-0.2, -0.15) is 5.10 Å². The van der Waals surface area contributed by atoms with Crippen molar-refractivity contribution in [3.63, 3.8) is 0 Å². The number of hydrazine groups is 1. The van der Waals surface area contributed by atoms with Gasteiger partial charge in [-0.3, -0.25) is 44.6 Å². The van der Waals surface area contributed by atoms with E-state index in [2.05, 4.69) is 39.4 Å². The molecule has 9 heterocycles. The highest BCUT2D eigenvalue weighted by Gasteiger charge is 2.52. The Labute approximate surface area is 703 Å². The lowest BCUT2D eigenvalue weighted by atomic mass is 9.72. The molecule has 9 aliphatic heterocycles. The number of amides is 2. The third kappa shape index (κ3) is 21.1. The molecule has 0 aliphatic carbocycles. The number of carbonyl (C=O) groups is 5. The van der Waals surface area contributed by atoms with Crippen LogP contribution in [0.5, 0.6) is 46.0 Å². The fourth-order valence-electron chi connectivity index (χ4n) is 16.2. The van der Waals surface area contributed by atoms with Crippen LogP contribution in [0.3, 0.4) is 0 Å². The standard InChI is InChI=1S/C43H60N4O10.C37H47NO10.C6H15N3O.C4H8O/c1-22-13-20-56-43(9)41(54)33-31-32(37(51)29(8)40(33)57-43)39(53)34(30(38(31)52)21-44-47-16-14-46(15-17-47)18-19-48)45-42(55)24(3)12-10-11-23(2)35(49)28(7)36(50)27(6)26(5)25(22)4;1-16-13-14-47-37(9)35(45)27-25-26(31(42)23(8)34(27)48-37)33(44)28(24(15-39)32(25)43)38-36(46)18(3)12-10-11-17(2)29(40)22(7)30(41)21(6)20(5)19(16)4;7-9-3-1-8(2-4-9)5-6-10;1-2-4-5-3-1/h10-13,20-23,25-28,35-36,48-53H,14-19H2,1-9H3,(H,45,55);10-17,19-22,29-30,40-44H,1-9H3,(H,38,46);10H,1-7H2;1-4H2/b11-10+,20-13+,24-12-,44-21+;11-10+,14-13+,18-12-;;/t22-,23-,25+,26+,27-,28+,35-,36-,43-;16-,17-,19+,20+,21-,22+,29-,30-,37-;;/m00../s1. The van der Waals surface area contributed by atoms with Crippen molar-refractivity contribution < 1.29 is 109 Å². The summed E-state index contributed by atoms with van der Waals surface area (Å²) < 4.78 is 29.0. The zero-order valence-electron chi connectivity index (χ0n) is 72.7. The Morgan fingerprint density at radius 1 is 0.475 bits per heavy atom. The van der Waals surface area contributed by atoms with Gasteiger partial charge in [0.05, 0.1) is 101 Å². The number of piperazine rings is 2. The molecular formula is C90H130N8O22. The normalized spacial score (nSPS) is 32.3. The Kier molecular flexibility index (Phi) is 33.4. The number of carbonyl (C=O) groups excluding carboxylic acids is 5. The number of hydrogen-bond acceptors (Lipinski definition) is 28. The number of aldehydes is 1. The molecule has 120 heavy (non-hydrogen) atoms. The van der Waals surface area contributed by atoms with Gasteiger partial charge in [0, 0.05) is 149 Å². The maximum Gasteiger partial charge on any atom is 0.312 e. The van der Waals surface area contributed by atoms with Crippen LogP contribution in [-0.2, 0) is 23.8 Å². The summed E-state index contributed by atoms with van der Waals surface area (Å²) in [7, 11) is 0. The number of ketones is 2. The van der Waals surface area contributed by atoms with E-state index in [-0.39, 0.29) is 156 Å². The Balaban J connectivity index is 0.000000256. The molecule has 0 aromatic heterocycles. The van der Waals surface area contributed by atoms with Crippen molar-refractivity contribution in [2.45, 2.75) is 173 Å². The SMILES string of the molecule is C/C1=C/C=C/[C@H](C)[C@H](O)[C@@H](C)[C@@H](O)[C@@H](C)[C@H](C)[C@H](C)[C@@H](C)/C=C/O[C@@]2(C)Oc3c(C)c(O)c4c(O)c(c(/C=N/N5CCN(CCO)CC5)c(O)c4c3C2=O)NC1=O.C/C1=C/C=C/[C@H](C)[C@H](O)[C@@H](C)[C@@H](O)[C@@H](C)[C@H](C)[C@H](C)[C@@H](C)/C=C/O[C@@]2(C)Oc3c(C)c(O)c4c(O)c(c(C=O)c(O)c4c3C2=O)NC1=O.C1CCOC1.NN1CCN(CCO)CC1. The van der Waals surface area contributed by atoms with E-state index in [0.717, 1.165) is 45.9 Å². The third-order valence-electron chi connectivity index (χ3n) is 25.9. The Morgan fingerprint density at radius 3 is 1.22 bits per heavy atom. The van der Waals surface area contributed by atoms with Crippen molar-refractivity contribution in [3.05, 3.63) is 106 Å². The van der Waals surface area contributed by atoms with Gasteiger partial charge in [0.2, 0.25) is 0 Å². The van der Waals surface area contributed by atoms with Gasteiger partial charge >= 0.3 is 11.6 Å². The van der Waals surface area contributed by atoms with Gasteiger partial charge < -0.3 is 95.6 Å². The zero-order valence-corrected chi connectivity index (χ0v) is 72.7. The number of anilines is 2. The smallest absolute Gasteiger partial charge is 0.312 e. The summed E-state index contributed by atoms with van der Waals surface area (Å²) in [6, 6.07) is 0. The molecule has 0 saturated carbocycles. The van der Waals surface area contributed by atoms with Crippen molar-refractivity contribution >= 4 is 68.8 Å². The molecule has 18 atom stereocenters. The summed E-state index contributed by atoms with van der Waals surface area (Å²) in [6.07, 6.45) is 16.7. The number of phenolic OH excluding ortho intramolecular Hbond substituents is 6. The molecule has 16 N–H and O–H groups in total. The van der Waals surface area contributed by atoms with Crippen LogP contribution in [0.25, 0.3) is 21.5 Å². The minimum atomic E-state index is -1.93. The first kappa shape index (κ1) is 96.3. The summed E-state index contributed by atoms with van der Waals surface area (Å²) in [5, 5.41) is 144. The molecular weight excluding hydrogens is 1550 g/mol. The maximum atomic E-state index is 14.4. The number of fused-ring (bicyclic) bond motifs is 28. The molecule has 3 fully saturated rings. The lowest BCUT2D eigenvalue weighted by Crippen LogP contribution is -2.49. The number of aliphatic hydroxyl groups is 6. The molecule has 0 unspecified atom stereocenters. The van der Waals surface area contributed by atoms with Crippen LogP contribution in [0.1, 0.15) is 171 Å². The second kappa shape index (κ2) is 41.6. The molecule has 10 bridgehead atoms. The van der Waals surface area contributed by atoms with Gasteiger partial charge in [0.15, 0.2) is 17.8 Å². The van der Waals surface area contributed by atoms with Crippen LogP contribution in [0, 0.1) is 84.9 Å². The van der Waals surface area contributed by atoms with Crippen LogP contribution >= 0.6 is 0 Å². The van der Waals surface area contributed by atoms with Crippen LogP contribution in [0.15, 0.2) is 77.4 Å². The van der Waals surface area contributed by atoms with E-state index in [9.17, 15) is 80.1 Å². The molecule has 9 aliphatic rings. The van der Waals surface area contributed by atoms with Crippen molar-refractivity contribution in [2.75, 3.05) is 103 Å². The van der Waals surface area contributed by atoms with Crippen molar-refractivity contribution in [1.82, 2.24) is 19.8 Å². The van der Waals surface area contributed by atoms with Gasteiger partial charge in [-0.15, -0.1) is 0 Å². The Morgan fingerprint density at radius 2 is 0.850 bits per heavy atom. The Hall–Kier alpha value is -9.18. The number of benzene rings is 4. The van der Waals surface area contributed by atoms with Crippen LogP contribution in [-0.4, -0.2) is 245 Å². The van der Waals surface area contributed by atoms with E-state index in [0.29, 0.717) is 32.7 Å². The first-order valence-corrected chi connectivity index (χ1v) is 41.8. The highest BCUT2D eigenvalue weighted by molar-refractivity contribution is 6.25. The van der Waals surface area contributed by atoms with Crippen LogP contribution in [0.2, 0.25) is 0 Å². The molecule has 0 spiro atoms. The number of nitrogens with zero attached hydrogens (tertiary/aromatic N) is 5. The molecule has 2 amide bonds. The summed E-state index contributed by atoms with van der Waals surface area (Å²) in [6.45, 7) is 41.8. The number of aromatic hydroxyl groups is 6. The van der Waals surface area contributed by atoms with E-state index in [1.165, 1.54) is 72.3 Å². The topological polar surface area (TPSA) is 450 Å². The Bertz CT molecular complexity index is 4550. The molecule has 30 nitrogen and oxygen atoms in total. The second-order valence-electron chi connectivity index (χ2n) is 33.9. The van der Waals surface area contributed by atoms with Gasteiger partial charge in [-0.1, -0.05) is 120 Å². The first-order chi connectivity index (χ1) is 56.6. The molecule has 30 heteroatoms. The number of Topliss-reactive ketones (excluding diaryl/α,β-unsaturated/α-hetero) is 2.